The first-order valence-electron chi connectivity index (χ1n) is 7.80. The maximum absolute atomic E-state index is 4.81. The number of aryl methyl sites for hydroxylation is 2. The minimum atomic E-state index is -0.0155. The van der Waals surface area contributed by atoms with Crippen LogP contribution in [0.2, 0.25) is 0 Å². The van der Waals surface area contributed by atoms with Gasteiger partial charge in [-0.2, -0.15) is 0 Å². The Hall–Kier alpha value is -2.74. The van der Waals surface area contributed by atoms with Crippen LogP contribution in [0, 0.1) is 13.8 Å². The molecule has 1 aromatic heterocycles. The Morgan fingerprint density at radius 2 is 1.35 bits per heavy atom. The second kappa shape index (κ2) is 7.01. The number of pyridine rings is 1. The zero-order valence-electron chi connectivity index (χ0n) is 13.5. The lowest BCUT2D eigenvalue weighted by Gasteiger charge is -2.14. The molecule has 2 heteroatoms. The van der Waals surface area contributed by atoms with E-state index in [1.807, 2.05) is 24.4 Å². The van der Waals surface area contributed by atoms with Crippen LogP contribution in [0.15, 0.2) is 77.9 Å². The summed E-state index contributed by atoms with van der Waals surface area (Å²) >= 11 is 0. The fraction of sp³-hybridized carbons (Fsp3) is 0.143. The van der Waals surface area contributed by atoms with Gasteiger partial charge in [0.25, 0.3) is 0 Å². The Morgan fingerprint density at radius 3 is 1.83 bits per heavy atom. The molecule has 2 nitrogen and oxygen atoms in total. The van der Waals surface area contributed by atoms with Gasteiger partial charge in [-0.25, -0.2) is 0 Å². The second-order valence-electron chi connectivity index (χ2n) is 5.76. The fourth-order valence-corrected chi connectivity index (χ4v) is 2.47. The fourth-order valence-electron chi connectivity index (χ4n) is 2.47. The average Bonchev–Trinajstić information content (AvgIpc) is 2.59. The van der Waals surface area contributed by atoms with E-state index in [0.717, 1.165) is 5.69 Å². The molecule has 3 aromatic rings. The standard InChI is InChI=1S/C21H20N2/c1-16-6-10-18(11-7-16)21(19-12-8-17(2)9-13-19)23-15-20-5-3-4-14-22-20/h3-15,21H,1-2H3/b23-15+. The van der Waals surface area contributed by atoms with Crippen molar-refractivity contribution in [1.82, 2.24) is 4.98 Å². The van der Waals surface area contributed by atoms with E-state index in [1.165, 1.54) is 22.3 Å². The molecule has 0 radical (unpaired) electrons. The molecule has 0 fully saturated rings. The maximum Gasteiger partial charge on any atom is 0.1000 e. The molecular formula is C21H20N2. The molecule has 0 aliphatic rings. The number of hydrogen-bond donors (Lipinski definition) is 0. The zero-order chi connectivity index (χ0) is 16.1. The highest BCUT2D eigenvalue weighted by Gasteiger charge is 2.12. The van der Waals surface area contributed by atoms with Gasteiger partial charge in [-0.05, 0) is 37.1 Å². The molecule has 0 aliphatic heterocycles. The lowest BCUT2D eigenvalue weighted by atomic mass is 9.97. The van der Waals surface area contributed by atoms with Gasteiger partial charge in [-0.3, -0.25) is 9.98 Å². The molecule has 23 heavy (non-hydrogen) atoms. The molecule has 1 heterocycles. The molecule has 2 aromatic carbocycles. The molecule has 0 aliphatic carbocycles. The van der Waals surface area contributed by atoms with Crippen LogP contribution in [0.4, 0.5) is 0 Å². The summed E-state index contributed by atoms with van der Waals surface area (Å²) in [7, 11) is 0. The van der Waals surface area contributed by atoms with Crippen molar-refractivity contribution < 1.29 is 0 Å². The van der Waals surface area contributed by atoms with Gasteiger partial charge in [-0.1, -0.05) is 65.7 Å². The van der Waals surface area contributed by atoms with Crippen LogP contribution in [0.25, 0.3) is 0 Å². The van der Waals surface area contributed by atoms with Crippen LogP contribution in [0.3, 0.4) is 0 Å². The van der Waals surface area contributed by atoms with Gasteiger partial charge in [0, 0.05) is 12.4 Å². The van der Waals surface area contributed by atoms with Crippen LogP contribution >= 0.6 is 0 Å². The highest BCUT2D eigenvalue weighted by Crippen LogP contribution is 2.26. The van der Waals surface area contributed by atoms with E-state index in [2.05, 4.69) is 67.4 Å². The molecule has 0 unspecified atom stereocenters. The summed E-state index contributed by atoms with van der Waals surface area (Å²) in [5.74, 6) is 0. The number of hydrogen-bond acceptors (Lipinski definition) is 2. The number of aromatic nitrogens is 1. The van der Waals surface area contributed by atoms with Gasteiger partial charge in [-0.15, -0.1) is 0 Å². The van der Waals surface area contributed by atoms with E-state index in [9.17, 15) is 0 Å². The first kappa shape index (κ1) is 15.2. The first-order chi connectivity index (χ1) is 11.2. The van der Waals surface area contributed by atoms with Crippen molar-refractivity contribution in [3.05, 3.63) is 101 Å². The Kier molecular flexibility index (Phi) is 4.62. The lowest BCUT2D eigenvalue weighted by molar-refractivity contribution is 0.876. The van der Waals surface area contributed by atoms with E-state index in [1.54, 1.807) is 6.20 Å². The Balaban J connectivity index is 1.97. The first-order valence-corrected chi connectivity index (χ1v) is 7.80. The monoisotopic (exact) mass is 300 g/mol. The smallest absolute Gasteiger partial charge is 0.1000 e. The van der Waals surface area contributed by atoms with Crippen LogP contribution in [0.5, 0.6) is 0 Å². The van der Waals surface area contributed by atoms with Crippen LogP contribution in [-0.2, 0) is 0 Å². The van der Waals surface area contributed by atoms with E-state index in [-0.39, 0.29) is 6.04 Å². The predicted octanol–water partition coefficient (Wildman–Crippen LogP) is 4.91. The summed E-state index contributed by atoms with van der Waals surface area (Å²) in [5, 5.41) is 0. The van der Waals surface area contributed by atoms with Crippen LogP contribution in [-0.4, -0.2) is 11.2 Å². The zero-order valence-corrected chi connectivity index (χ0v) is 13.5. The second-order valence-corrected chi connectivity index (χ2v) is 5.76. The molecule has 0 saturated heterocycles. The van der Waals surface area contributed by atoms with E-state index >= 15 is 0 Å². The largest absolute Gasteiger partial charge is 0.278 e. The van der Waals surface area contributed by atoms with E-state index in [0.29, 0.717) is 0 Å². The highest BCUT2D eigenvalue weighted by molar-refractivity contribution is 5.77. The van der Waals surface area contributed by atoms with Gasteiger partial charge in [0.05, 0.1) is 11.7 Å². The number of rotatable bonds is 4. The molecule has 0 bridgehead atoms. The van der Waals surface area contributed by atoms with Crippen molar-refractivity contribution in [2.24, 2.45) is 4.99 Å². The van der Waals surface area contributed by atoms with Crippen molar-refractivity contribution in [2.45, 2.75) is 19.9 Å². The summed E-state index contributed by atoms with van der Waals surface area (Å²) in [6.45, 7) is 4.20. The summed E-state index contributed by atoms with van der Waals surface area (Å²) in [4.78, 5) is 9.12. The van der Waals surface area contributed by atoms with Crippen molar-refractivity contribution in [3.8, 4) is 0 Å². The normalized spacial score (nSPS) is 11.3. The molecule has 3 rings (SSSR count). The Bertz CT molecular complexity index is 727. The minimum Gasteiger partial charge on any atom is -0.278 e. The summed E-state index contributed by atoms with van der Waals surface area (Å²) in [5.41, 5.74) is 5.75. The van der Waals surface area contributed by atoms with Crippen molar-refractivity contribution in [3.63, 3.8) is 0 Å². The highest BCUT2D eigenvalue weighted by atomic mass is 14.8. The molecule has 0 saturated carbocycles. The van der Waals surface area contributed by atoms with Gasteiger partial charge in [0.15, 0.2) is 0 Å². The van der Waals surface area contributed by atoms with E-state index < -0.39 is 0 Å². The third-order valence-electron chi connectivity index (χ3n) is 3.83. The maximum atomic E-state index is 4.81. The van der Waals surface area contributed by atoms with E-state index in [4.69, 9.17) is 4.99 Å². The van der Waals surface area contributed by atoms with Crippen molar-refractivity contribution in [2.75, 3.05) is 0 Å². The number of benzene rings is 2. The van der Waals surface area contributed by atoms with Crippen LogP contribution < -0.4 is 0 Å². The van der Waals surface area contributed by atoms with Gasteiger partial charge < -0.3 is 0 Å². The molecule has 0 N–H and O–H groups in total. The third-order valence-corrected chi connectivity index (χ3v) is 3.83. The topological polar surface area (TPSA) is 25.2 Å². The predicted molar refractivity (Wildman–Crippen MR) is 96.0 cm³/mol. The number of aliphatic imine (C=N–C) groups is 1. The minimum absolute atomic E-state index is 0.0155. The lowest BCUT2D eigenvalue weighted by Crippen LogP contribution is -2.00. The molecule has 0 amide bonds. The SMILES string of the molecule is Cc1ccc(C(/N=C/c2ccccn2)c2ccc(C)cc2)cc1. The molecule has 0 atom stereocenters. The molecule has 114 valence electrons. The van der Waals surface area contributed by atoms with Gasteiger partial charge in [0.1, 0.15) is 0 Å². The summed E-state index contributed by atoms with van der Waals surface area (Å²) in [6, 6.07) is 23.0. The molecular weight excluding hydrogens is 280 g/mol. The van der Waals surface area contributed by atoms with Crippen molar-refractivity contribution in [1.29, 1.82) is 0 Å². The summed E-state index contributed by atoms with van der Waals surface area (Å²) < 4.78 is 0. The molecule has 0 spiro atoms. The van der Waals surface area contributed by atoms with Crippen molar-refractivity contribution >= 4 is 6.21 Å². The quantitative estimate of drug-likeness (QED) is 0.629. The van der Waals surface area contributed by atoms with Gasteiger partial charge in [0.2, 0.25) is 0 Å². The Labute approximate surface area is 137 Å². The summed E-state index contributed by atoms with van der Waals surface area (Å²) in [6.07, 6.45) is 3.64. The van der Waals surface area contributed by atoms with Gasteiger partial charge >= 0.3 is 0 Å². The number of nitrogens with zero attached hydrogens (tertiary/aromatic N) is 2. The third kappa shape index (κ3) is 3.92. The van der Waals surface area contributed by atoms with Crippen LogP contribution in [0.1, 0.15) is 34.0 Å². The average molecular weight is 300 g/mol. The Morgan fingerprint density at radius 1 is 0.783 bits per heavy atom.